The van der Waals surface area contributed by atoms with Crippen LogP contribution in [0.5, 0.6) is 5.75 Å². The summed E-state index contributed by atoms with van der Waals surface area (Å²) >= 11 is 0. The molecule has 0 radical (unpaired) electrons. The van der Waals surface area contributed by atoms with Gasteiger partial charge in [-0.1, -0.05) is 173 Å². The largest absolute Gasteiger partial charge is 0.507 e. The molecule has 0 saturated heterocycles. The van der Waals surface area contributed by atoms with Crippen molar-refractivity contribution >= 4 is 11.0 Å². The second-order valence-electron chi connectivity index (χ2n) is 18.6. The van der Waals surface area contributed by atoms with E-state index in [9.17, 15) is 5.11 Å². The van der Waals surface area contributed by atoms with Crippen molar-refractivity contribution in [1.82, 2.24) is 14.5 Å². The number of hydrogen-bond donors (Lipinski definition) is 1. The Morgan fingerprint density at radius 3 is 1.83 bits per heavy atom. The fourth-order valence-electron chi connectivity index (χ4n) is 8.49. The zero-order valence-corrected chi connectivity index (χ0v) is 39.5. The number of para-hydroxylation sites is 1. The predicted octanol–water partition coefficient (Wildman–Crippen LogP) is 15.1. The Labute approximate surface area is 386 Å². The molecule has 0 fully saturated rings. The van der Waals surface area contributed by atoms with Crippen molar-refractivity contribution in [1.29, 1.82) is 0 Å². The summed E-state index contributed by atoms with van der Waals surface area (Å²) in [6, 6.07) is 59.6. The number of benzene rings is 7. The summed E-state index contributed by atoms with van der Waals surface area (Å²) in [6.45, 7) is 17.5. The Balaban J connectivity index is 0.00000544. The molecule has 2 aromatic heterocycles. The molecule has 9 aromatic rings. The first-order valence-electron chi connectivity index (χ1n) is 21.5. The molecule has 2 heterocycles. The first-order chi connectivity index (χ1) is 29.7. The fraction of sp³-hybridized carbons (Fsp3) is 0.172. The van der Waals surface area contributed by atoms with Gasteiger partial charge >= 0.3 is 0 Å². The molecule has 63 heavy (non-hydrogen) atoms. The average molecular weight is 1000 g/mol. The maximum Gasteiger partial charge on any atom is 0.148 e. The number of aromatic nitrogens is 3. The van der Waals surface area contributed by atoms with Gasteiger partial charge in [0.25, 0.3) is 0 Å². The minimum Gasteiger partial charge on any atom is -0.507 e. The third-order valence-corrected chi connectivity index (χ3v) is 11.9. The topological polar surface area (TPSA) is 50.9 Å². The van der Waals surface area contributed by atoms with E-state index in [1.807, 2.05) is 37.4 Å². The zero-order valence-electron chi connectivity index (χ0n) is 37.2. The molecule has 0 aliphatic carbocycles. The third kappa shape index (κ3) is 8.58. The average Bonchev–Trinajstić information content (AvgIpc) is 3.67. The smallest absolute Gasteiger partial charge is 0.148 e. The molecule has 0 bridgehead atoms. The van der Waals surface area contributed by atoms with Crippen molar-refractivity contribution in [2.24, 2.45) is 0 Å². The number of nitrogens with zero attached hydrogens (tertiary/aromatic N) is 3. The third-order valence-electron chi connectivity index (χ3n) is 11.9. The summed E-state index contributed by atoms with van der Waals surface area (Å²) in [5.41, 5.74) is 17.9. The van der Waals surface area contributed by atoms with Crippen LogP contribution in [-0.4, -0.2) is 19.6 Å². The molecule has 0 aliphatic rings. The quantitative estimate of drug-likeness (QED) is 0.162. The van der Waals surface area contributed by atoms with Crippen molar-refractivity contribution in [2.45, 2.75) is 66.2 Å². The van der Waals surface area contributed by atoms with Gasteiger partial charge in [0.1, 0.15) is 11.6 Å². The van der Waals surface area contributed by atoms with Crippen LogP contribution in [0.3, 0.4) is 0 Å². The summed E-state index contributed by atoms with van der Waals surface area (Å²) < 4.78 is 2.25. The zero-order chi connectivity index (χ0) is 43.3. The standard InChI is InChI=1S/C58H52N3O.Pt/c1-37-30-38(2)55(62)50(31-37)56-60-54-48(44-32-43(40-18-13-10-14-19-40)33-45(34-44)51-35-42(28-29-59-51)39-16-11-9-12-17-39)20-15-21-53(54)61(56)52-27-26-47(58(6,7)8)36-49(52)41-22-24-46(25-23-41)57(3,4)5;/h9-33,35-36,62H,1-8H3;/q-1;. The van der Waals surface area contributed by atoms with E-state index >= 15 is 0 Å². The molecule has 4 nitrogen and oxygen atoms in total. The number of aromatic hydroxyl groups is 1. The Bertz CT molecular complexity index is 3100. The Morgan fingerprint density at radius 1 is 0.524 bits per heavy atom. The van der Waals surface area contributed by atoms with Crippen LogP contribution < -0.4 is 0 Å². The molecule has 0 spiro atoms. The van der Waals surface area contributed by atoms with E-state index in [0.717, 1.165) is 83.6 Å². The molecular weight excluding hydrogens is 950 g/mol. The number of imidazole rings is 1. The van der Waals surface area contributed by atoms with Gasteiger partial charge in [0.05, 0.1) is 22.3 Å². The minimum atomic E-state index is -0.0790. The van der Waals surface area contributed by atoms with Gasteiger partial charge in [-0.25, -0.2) is 4.98 Å². The fourth-order valence-corrected chi connectivity index (χ4v) is 8.49. The number of phenolic OH excluding ortho intramolecular Hbond substituents is 1. The number of phenols is 1. The van der Waals surface area contributed by atoms with E-state index in [2.05, 4.69) is 193 Å². The number of fused-ring (bicyclic) bond motifs is 1. The second kappa shape index (κ2) is 17.1. The Kier molecular flexibility index (Phi) is 11.7. The second-order valence-corrected chi connectivity index (χ2v) is 18.6. The maximum atomic E-state index is 11.9. The molecule has 9 rings (SSSR count). The van der Waals surface area contributed by atoms with E-state index in [4.69, 9.17) is 9.97 Å². The maximum absolute atomic E-state index is 11.9. The van der Waals surface area contributed by atoms with E-state index in [1.165, 1.54) is 11.1 Å². The summed E-state index contributed by atoms with van der Waals surface area (Å²) in [5, 5.41) is 11.9. The van der Waals surface area contributed by atoms with Crippen LogP contribution in [-0.2, 0) is 31.9 Å². The van der Waals surface area contributed by atoms with Gasteiger partial charge in [-0.3, -0.25) is 9.55 Å². The van der Waals surface area contributed by atoms with Crippen molar-refractivity contribution in [3.63, 3.8) is 0 Å². The molecule has 316 valence electrons. The summed E-state index contributed by atoms with van der Waals surface area (Å²) in [5.74, 6) is 0.893. The van der Waals surface area contributed by atoms with Gasteiger partial charge in [-0.15, -0.1) is 23.8 Å². The number of pyridine rings is 1. The van der Waals surface area contributed by atoms with Crippen LogP contribution in [0.1, 0.15) is 63.8 Å². The van der Waals surface area contributed by atoms with Crippen LogP contribution in [0, 0.1) is 19.9 Å². The molecule has 0 amide bonds. The molecule has 0 atom stereocenters. The molecule has 1 N–H and O–H groups in total. The van der Waals surface area contributed by atoms with E-state index < -0.39 is 0 Å². The monoisotopic (exact) mass is 1000 g/mol. The van der Waals surface area contributed by atoms with Crippen LogP contribution >= 0.6 is 0 Å². The molecular formula is C58H52N3OPt-. The predicted molar refractivity (Wildman–Crippen MR) is 259 cm³/mol. The Morgan fingerprint density at radius 2 is 1.16 bits per heavy atom. The minimum absolute atomic E-state index is 0. The normalized spacial score (nSPS) is 11.7. The summed E-state index contributed by atoms with van der Waals surface area (Å²) in [7, 11) is 0. The molecule has 0 aliphatic heterocycles. The van der Waals surface area contributed by atoms with Crippen molar-refractivity contribution < 1.29 is 26.2 Å². The first-order valence-corrected chi connectivity index (χ1v) is 21.5. The van der Waals surface area contributed by atoms with E-state index in [0.29, 0.717) is 11.4 Å². The van der Waals surface area contributed by atoms with Crippen LogP contribution in [0.25, 0.3) is 83.9 Å². The van der Waals surface area contributed by atoms with Gasteiger partial charge in [0.15, 0.2) is 0 Å². The number of hydrogen-bond acceptors (Lipinski definition) is 3. The van der Waals surface area contributed by atoms with E-state index in [-0.39, 0.29) is 37.6 Å². The van der Waals surface area contributed by atoms with Gasteiger partial charge < -0.3 is 5.11 Å². The molecule has 0 unspecified atom stereocenters. The van der Waals surface area contributed by atoms with Gasteiger partial charge in [0.2, 0.25) is 0 Å². The summed E-state index contributed by atoms with van der Waals surface area (Å²) in [4.78, 5) is 10.5. The van der Waals surface area contributed by atoms with Crippen LogP contribution in [0.2, 0.25) is 0 Å². The van der Waals surface area contributed by atoms with E-state index in [1.54, 1.807) is 0 Å². The molecule has 0 saturated carbocycles. The van der Waals surface area contributed by atoms with Crippen molar-refractivity contribution in [3.05, 3.63) is 192 Å². The first kappa shape index (κ1) is 43.3. The SMILES string of the molecule is Cc1cc(C)c(O)c(-c2nc3c(-c4[c-]c(-c5cc(-c6ccccc6)ccn5)cc(-c5ccccc5)c4)cccc3n2-c2ccc(C(C)(C)C)cc2-c2ccc(C(C)(C)C)cc2)c1.[Pt]. The Hall–Kier alpha value is -6.35. The number of aryl methyl sites for hydroxylation is 2. The van der Waals surface area contributed by atoms with Gasteiger partial charge in [-0.05, 0) is 99.5 Å². The van der Waals surface area contributed by atoms with Gasteiger partial charge in [0, 0.05) is 38.5 Å². The number of rotatable bonds is 7. The van der Waals surface area contributed by atoms with Crippen molar-refractivity contribution in [3.8, 4) is 78.6 Å². The molecule has 7 aromatic carbocycles. The van der Waals surface area contributed by atoms with Gasteiger partial charge in [-0.2, -0.15) is 0 Å². The van der Waals surface area contributed by atoms with Crippen molar-refractivity contribution in [2.75, 3.05) is 0 Å². The summed E-state index contributed by atoms with van der Waals surface area (Å²) in [6.07, 6.45) is 1.88. The van der Waals surface area contributed by atoms with Crippen LogP contribution in [0.15, 0.2) is 164 Å². The van der Waals surface area contributed by atoms with Crippen LogP contribution in [0.4, 0.5) is 0 Å². The molecule has 5 heteroatoms.